The molecule has 0 radical (unpaired) electrons. The van der Waals surface area contributed by atoms with Crippen LogP contribution in [0.2, 0.25) is 5.02 Å². The summed E-state index contributed by atoms with van der Waals surface area (Å²) >= 11 is 6.11. The van der Waals surface area contributed by atoms with Crippen LogP contribution in [-0.2, 0) is 16.3 Å². The molecule has 3 rings (SSSR count). The quantitative estimate of drug-likeness (QED) is 0.561. The molecule has 1 aromatic heterocycles. The van der Waals surface area contributed by atoms with Crippen LogP contribution in [0.25, 0.3) is 11.3 Å². The summed E-state index contributed by atoms with van der Waals surface area (Å²) in [7, 11) is -1.77. The predicted octanol–water partition coefficient (Wildman–Crippen LogP) is 4.10. The Morgan fingerprint density at radius 2 is 1.86 bits per heavy atom. The lowest BCUT2D eigenvalue weighted by atomic mass is 10.1. The minimum absolute atomic E-state index is 0.0637. The smallest absolute Gasteiger partial charge is 0.255 e. The number of sulfone groups is 1. The summed E-state index contributed by atoms with van der Waals surface area (Å²) in [5.74, 6) is 0.407. The Morgan fingerprint density at radius 1 is 1.14 bits per heavy atom. The summed E-state index contributed by atoms with van der Waals surface area (Å²) in [6, 6.07) is 15.8. The number of benzene rings is 2. The fraction of sp³-hybridized carbons (Fsp3) is 0.238. The molecule has 0 aliphatic carbocycles. The van der Waals surface area contributed by atoms with Gasteiger partial charge in [0.25, 0.3) is 5.91 Å². The van der Waals surface area contributed by atoms with Gasteiger partial charge in [0, 0.05) is 37.9 Å². The van der Waals surface area contributed by atoms with Crippen LogP contribution in [0, 0.1) is 0 Å². The molecule has 0 unspecified atom stereocenters. The number of aryl methyl sites for hydroxylation is 1. The molecule has 0 aliphatic rings. The standard InChI is InChI=1S/C21H21ClN2O4S/c1-24(21(25)18-14-17(29(2,26)27)10-11-19(18)22)12-6-9-16-13-20(23-28-16)15-7-4-3-5-8-15/h3-5,7-8,10-11,13-14H,6,9,12H2,1-2H3. The van der Waals surface area contributed by atoms with Gasteiger partial charge >= 0.3 is 0 Å². The number of carbonyl (C=O) groups excluding carboxylic acids is 1. The van der Waals surface area contributed by atoms with Crippen molar-refractivity contribution in [2.75, 3.05) is 19.8 Å². The van der Waals surface area contributed by atoms with E-state index in [1.807, 2.05) is 36.4 Å². The van der Waals surface area contributed by atoms with Crippen LogP contribution in [0.3, 0.4) is 0 Å². The Kier molecular flexibility index (Phi) is 6.39. The molecule has 0 bridgehead atoms. The third-order valence-corrected chi connectivity index (χ3v) is 5.93. The molecule has 0 saturated heterocycles. The Bertz CT molecular complexity index is 1110. The summed E-state index contributed by atoms with van der Waals surface area (Å²) in [5, 5.41) is 4.30. The summed E-state index contributed by atoms with van der Waals surface area (Å²) in [6.45, 7) is 0.458. The van der Waals surface area contributed by atoms with E-state index in [0.717, 1.165) is 23.3 Å². The highest BCUT2D eigenvalue weighted by Gasteiger charge is 2.18. The van der Waals surface area contributed by atoms with Gasteiger partial charge in [-0.3, -0.25) is 4.79 Å². The van der Waals surface area contributed by atoms with Crippen molar-refractivity contribution in [3.05, 3.63) is 70.9 Å². The molecule has 1 heterocycles. The van der Waals surface area contributed by atoms with Crippen LogP contribution in [0.5, 0.6) is 0 Å². The summed E-state index contributed by atoms with van der Waals surface area (Å²) < 4.78 is 28.9. The highest BCUT2D eigenvalue weighted by molar-refractivity contribution is 7.90. The first-order valence-electron chi connectivity index (χ1n) is 9.02. The summed E-state index contributed by atoms with van der Waals surface area (Å²) in [6.07, 6.45) is 2.37. The van der Waals surface area contributed by atoms with E-state index in [0.29, 0.717) is 19.4 Å². The molecule has 0 atom stereocenters. The largest absolute Gasteiger partial charge is 0.361 e. The van der Waals surface area contributed by atoms with E-state index in [1.54, 1.807) is 7.05 Å². The van der Waals surface area contributed by atoms with Crippen molar-refractivity contribution >= 4 is 27.3 Å². The van der Waals surface area contributed by atoms with Crippen molar-refractivity contribution in [2.24, 2.45) is 0 Å². The molecule has 0 fully saturated rings. The molecule has 0 spiro atoms. The average molecular weight is 433 g/mol. The third kappa shape index (κ3) is 5.25. The maximum atomic E-state index is 12.7. The SMILES string of the molecule is CN(CCCc1cc(-c2ccccc2)no1)C(=O)c1cc(S(C)(=O)=O)ccc1Cl. The van der Waals surface area contributed by atoms with E-state index in [9.17, 15) is 13.2 Å². The number of amides is 1. The Morgan fingerprint density at radius 3 is 2.55 bits per heavy atom. The Labute approximate surface area is 175 Å². The molecule has 6 nitrogen and oxygen atoms in total. The van der Waals surface area contributed by atoms with Gasteiger partial charge in [-0.15, -0.1) is 0 Å². The van der Waals surface area contributed by atoms with Crippen molar-refractivity contribution in [3.8, 4) is 11.3 Å². The van der Waals surface area contributed by atoms with Gasteiger partial charge in [0.2, 0.25) is 0 Å². The zero-order valence-corrected chi connectivity index (χ0v) is 17.7. The summed E-state index contributed by atoms with van der Waals surface area (Å²) in [4.78, 5) is 14.3. The minimum Gasteiger partial charge on any atom is -0.361 e. The lowest BCUT2D eigenvalue weighted by Gasteiger charge is -2.18. The highest BCUT2D eigenvalue weighted by atomic mass is 35.5. The molecule has 3 aromatic rings. The van der Waals surface area contributed by atoms with Gasteiger partial charge in [0.05, 0.1) is 15.5 Å². The number of hydrogen-bond donors (Lipinski definition) is 0. The molecule has 29 heavy (non-hydrogen) atoms. The first kappa shape index (κ1) is 21.1. The summed E-state index contributed by atoms with van der Waals surface area (Å²) in [5.41, 5.74) is 1.92. The zero-order chi connectivity index (χ0) is 21.0. The molecular weight excluding hydrogens is 412 g/mol. The molecule has 152 valence electrons. The third-order valence-electron chi connectivity index (χ3n) is 4.49. The molecular formula is C21H21ClN2O4S. The average Bonchev–Trinajstić information content (AvgIpc) is 3.16. The molecule has 0 aliphatic heterocycles. The second-order valence-electron chi connectivity index (χ2n) is 6.79. The Hall–Kier alpha value is -2.64. The predicted molar refractivity (Wildman–Crippen MR) is 112 cm³/mol. The molecule has 8 heteroatoms. The second-order valence-corrected chi connectivity index (χ2v) is 9.21. The lowest BCUT2D eigenvalue weighted by Crippen LogP contribution is -2.28. The van der Waals surface area contributed by atoms with Crippen LogP contribution < -0.4 is 0 Å². The molecule has 0 N–H and O–H groups in total. The first-order valence-corrected chi connectivity index (χ1v) is 11.3. The van der Waals surface area contributed by atoms with Crippen LogP contribution in [0.4, 0.5) is 0 Å². The minimum atomic E-state index is -3.42. The van der Waals surface area contributed by atoms with Crippen LogP contribution >= 0.6 is 11.6 Å². The Balaban J connectivity index is 1.61. The van der Waals surface area contributed by atoms with E-state index < -0.39 is 9.84 Å². The van der Waals surface area contributed by atoms with Gasteiger partial charge in [-0.05, 0) is 24.6 Å². The van der Waals surface area contributed by atoms with Gasteiger partial charge in [-0.1, -0.05) is 47.1 Å². The van der Waals surface area contributed by atoms with Crippen molar-refractivity contribution in [2.45, 2.75) is 17.7 Å². The van der Waals surface area contributed by atoms with E-state index in [2.05, 4.69) is 5.16 Å². The zero-order valence-electron chi connectivity index (χ0n) is 16.1. The van der Waals surface area contributed by atoms with Gasteiger partial charge in [-0.2, -0.15) is 0 Å². The molecule has 2 aromatic carbocycles. The monoisotopic (exact) mass is 432 g/mol. The van der Waals surface area contributed by atoms with Crippen LogP contribution in [-0.4, -0.2) is 44.2 Å². The number of rotatable bonds is 7. The van der Waals surface area contributed by atoms with Crippen LogP contribution in [0.15, 0.2) is 64.0 Å². The fourth-order valence-electron chi connectivity index (χ4n) is 2.87. The van der Waals surface area contributed by atoms with E-state index in [-0.39, 0.29) is 21.4 Å². The number of nitrogens with zero attached hydrogens (tertiary/aromatic N) is 2. The van der Waals surface area contributed by atoms with Crippen molar-refractivity contribution < 1.29 is 17.7 Å². The number of carbonyl (C=O) groups is 1. The van der Waals surface area contributed by atoms with Gasteiger partial charge in [-0.25, -0.2) is 8.42 Å². The number of halogens is 1. The second kappa shape index (κ2) is 8.80. The van der Waals surface area contributed by atoms with E-state index in [4.69, 9.17) is 16.1 Å². The maximum absolute atomic E-state index is 12.7. The normalized spacial score (nSPS) is 11.4. The maximum Gasteiger partial charge on any atom is 0.255 e. The number of hydrogen-bond acceptors (Lipinski definition) is 5. The van der Waals surface area contributed by atoms with E-state index in [1.165, 1.54) is 23.1 Å². The molecule has 1 amide bonds. The van der Waals surface area contributed by atoms with Gasteiger partial charge in [0.1, 0.15) is 11.5 Å². The van der Waals surface area contributed by atoms with Crippen molar-refractivity contribution in [3.63, 3.8) is 0 Å². The van der Waals surface area contributed by atoms with Crippen molar-refractivity contribution in [1.82, 2.24) is 10.1 Å². The van der Waals surface area contributed by atoms with E-state index >= 15 is 0 Å². The fourth-order valence-corrected chi connectivity index (χ4v) is 3.72. The molecule has 0 saturated carbocycles. The van der Waals surface area contributed by atoms with Crippen LogP contribution in [0.1, 0.15) is 22.5 Å². The topological polar surface area (TPSA) is 80.5 Å². The first-order chi connectivity index (χ1) is 13.8. The van der Waals surface area contributed by atoms with Gasteiger partial charge < -0.3 is 9.42 Å². The lowest BCUT2D eigenvalue weighted by molar-refractivity contribution is 0.0792. The highest BCUT2D eigenvalue weighted by Crippen LogP contribution is 2.22. The van der Waals surface area contributed by atoms with Gasteiger partial charge in [0.15, 0.2) is 9.84 Å². The van der Waals surface area contributed by atoms with Crippen molar-refractivity contribution in [1.29, 1.82) is 0 Å². The number of aromatic nitrogens is 1.